The van der Waals surface area contributed by atoms with E-state index in [0.29, 0.717) is 27.7 Å². The minimum atomic E-state index is -0.416. The van der Waals surface area contributed by atoms with Gasteiger partial charge in [0, 0.05) is 23.8 Å². The number of imidazole rings is 1. The first kappa shape index (κ1) is 20.7. The minimum absolute atomic E-state index is 0.101. The molecular weight excluding hydrogens is 390 g/mol. The second-order valence-corrected chi connectivity index (χ2v) is 7.28. The fraction of sp³-hybridized carbons (Fsp3) is 0.286. The Kier molecular flexibility index (Phi) is 6.43. The van der Waals surface area contributed by atoms with E-state index in [0.717, 1.165) is 11.4 Å². The van der Waals surface area contributed by atoms with Crippen molar-refractivity contribution in [2.75, 3.05) is 19.5 Å². The summed E-state index contributed by atoms with van der Waals surface area (Å²) in [5.74, 6) is 0.445. The van der Waals surface area contributed by atoms with Crippen LogP contribution in [-0.2, 0) is 4.74 Å². The quantitative estimate of drug-likeness (QED) is 0.342. The van der Waals surface area contributed by atoms with Crippen molar-refractivity contribution in [3.63, 3.8) is 0 Å². The molecule has 0 spiro atoms. The van der Waals surface area contributed by atoms with Gasteiger partial charge in [-0.25, -0.2) is 9.78 Å². The molecule has 1 aromatic carbocycles. The number of carbonyl (C=O) groups excluding carboxylic acids is 2. The Morgan fingerprint density at radius 1 is 1.21 bits per heavy atom. The maximum absolute atomic E-state index is 12.8. The van der Waals surface area contributed by atoms with Crippen LogP contribution in [0.3, 0.4) is 0 Å². The lowest BCUT2D eigenvalue weighted by Crippen LogP contribution is -2.09. The summed E-state index contributed by atoms with van der Waals surface area (Å²) in [6, 6.07) is 7.60. The van der Waals surface area contributed by atoms with E-state index >= 15 is 0 Å². The second-order valence-electron chi connectivity index (χ2n) is 6.34. The van der Waals surface area contributed by atoms with Crippen LogP contribution >= 0.6 is 11.8 Å². The van der Waals surface area contributed by atoms with E-state index in [9.17, 15) is 9.59 Å². The molecule has 0 aliphatic carbocycles. The lowest BCUT2D eigenvalue weighted by atomic mass is 10.1. The zero-order valence-corrected chi connectivity index (χ0v) is 17.6. The van der Waals surface area contributed by atoms with Crippen molar-refractivity contribution in [1.29, 1.82) is 0 Å². The van der Waals surface area contributed by atoms with Crippen LogP contribution in [0, 0.1) is 13.8 Å². The summed E-state index contributed by atoms with van der Waals surface area (Å²) in [6.45, 7) is 5.56. The number of Topliss-reactive ketones (excluding diaryl/α,β-unsaturated/α-hetero) is 1. The zero-order valence-electron chi connectivity index (χ0n) is 16.8. The molecule has 29 heavy (non-hydrogen) atoms. The van der Waals surface area contributed by atoms with Crippen LogP contribution in [0.1, 0.15) is 39.0 Å². The number of hydrogen-bond acceptors (Lipinski definition) is 6. The average molecular weight is 413 g/mol. The fourth-order valence-corrected chi connectivity index (χ4v) is 3.92. The number of methoxy groups -OCH3 is 1. The van der Waals surface area contributed by atoms with Gasteiger partial charge >= 0.3 is 5.97 Å². The van der Waals surface area contributed by atoms with Gasteiger partial charge in [0.1, 0.15) is 5.75 Å². The standard InChI is InChI=1S/C21H23N3O4S/c1-5-28-20(26)18-13(2)19(23-14(18)3)17(25)12-29-21-22-10-11-24(21)15-6-8-16(27-4)9-7-15/h6-11,23H,5,12H2,1-4H3. The summed E-state index contributed by atoms with van der Waals surface area (Å²) >= 11 is 1.34. The topological polar surface area (TPSA) is 86.2 Å². The van der Waals surface area contributed by atoms with Crippen molar-refractivity contribution in [2.45, 2.75) is 25.9 Å². The van der Waals surface area contributed by atoms with Crippen LogP contribution in [0.15, 0.2) is 41.8 Å². The Morgan fingerprint density at radius 2 is 1.93 bits per heavy atom. The van der Waals surface area contributed by atoms with E-state index in [-0.39, 0.29) is 18.1 Å². The third-order valence-electron chi connectivity index (χ3n) is 4.49. The van der Waals surface area contributed by atoms with E-state index < -0.39 is 5.97 Å². The molecule has 0 bridgehead atoms. The number of benzene rings is 1. The molecule has 7 nitrogen and oxygen atoms in total. The molecule has 2 aromatic heterocycles. The van der Waals surface area contributed by atoms with Gasteiger partial charge in [-0.05, 0) is 50.6 Å². The molecule has 0 atom stereocenters. The van der Waals surface area contributed by atoms with E-state index in [4.69, 9.17) is 9.47 Å². The molecule has 0 saturated heterocycles. The summed E-state index contributed by atoms with van der Waals surface area (Å²) in [6.07, 6.45) is 3.54. The largest absolute Gasteiger partial charge is 0.497 e. The van der Waals surface area contributed by atoms with Crippen molar-refractivity contribution < 1.29 is 19.1 Å². The van der Waals surface area contributed by atoms with E-state index in [2.05, 4.69) is 9.97 Å². The molecule has 8 heteroatoms. The Hall–Kier alpha value is -3.00. The lowest BCUT2D eigenvalue weighted by Gasteiger charge is -2.08. The predicted molar refractivity (Wildman–Crippen MR) is 111 cm³/mol. The summed E-state index contributed by atoms with van der Waals surface area (Å²) in [5, 5.41) is 0.704. The maximum Gasteiger partial charge on any atom is 0.340 e. The van der Waals surface area contributed by atoms with Gasteiger partial charge in [0.05, 0.1) is 30.7 Å². The number of aryl methyl sites for hydroxylation is 1. The van der Waals surface area contributed by atoms with Gasteiger partial charge in [-0.15, -0.1) is 0 Å². The highest BCUT2D eigenvalue weighted by Gasteiger charge is 2.23. The maximum atomic E-state index is 12.8. The summed E-state index contributed by atoms with van der Waals surface area (Å²) in [7, 11) is 1.62. The first-order chi connectivity index (χ1) is 14.0. The van der Waals surface area contributed by atoms with E-state index in [1.807, 2.05) is 35.0 Å². The molecule has 0 aliphatic heterocycles. The summed E-state index contributed by atoms with van der Waals surface area (Å²) in [5.41, 5.74) is 3.04. The van der Waals surface area contributed by atoms with Crippen LogP contribution in [0.25, 0.3) is 5.69 Å². The minimum Gasteiger partial charge on any atom is -0.497 e. The monoisotopic (exact) mass is 413 g/mol. The van der Waals surface area contributed by atoms with Crippen LogP contribution in [-0.4, -0.2) is 45.8 Å². The molecule has 0 fully saturated rings. The number of esters is 1. The van der Waals surface area contributed by atoms with Gasteiger partial charge in [0.15, 0.2) is 10.9 Å². The molecule has 3 rings (SSSR count). The number of hydrogen-bond donors (Lipinski definition) is 1. The SMILES string of the molecule is CCOC(=O)c1c(C)[nH]c(C(=O)CSc2nccn2-c2ccc(OC)cc2)c1C. The fourth-order valence-electron chi connectivity index (χ4n) is 3.08. The number of carbonyl (C=O) groups is 2. The van der Waals surface area contributed by atoms with Gasteiger partial charge in [0.2, 0.25) is 0 Å². The molecule has 152 valence electrons. The number of ketones is 1. The first-order valence-corrected chi connectivity index (χ1v) is 10.1. The van der Waals surface area contributed by atoms with Gasteiger partial charge < -0.3 is 14.5 Å². The number of aromatic amines is 1. The average Bonchev–Trinajstić information content (AvgIpc) is 3.30. The Labute approximate surface area is 173 Å². The van der Waals surface area contributed by atoms with Crippen LogP contribution in [0.4, 0.5) is 0 Å². The van der Waals surface area contributed by atoms with Gasteiger partial charge in [0.25, 0.3) is 0 Å². The molecule has 3 aromatic rings. The molecule has 2 heterocycles. The van der Waals surface area contributed by atoms with Gasteiger partial charge in [-0.2, -0.15) is 0 Å². The Bertz CT molecular complexity index is 1020. The zero-order chi connectivity index (χ0) is 21.0. The molecule has 0 radical (unpaired) electrons. The van der Waals surface area contributed by atoms with Gasteiger partial charge in [-0.1, -0.05) is 11.8 Å². The number of ether oxygens (including phenoxy) is 2. The predicted octanol–water partition coefficient (Wildman–Crippen LogP) is 3.98. The van der Waals surface area contributed by atoms with Crippen molar-refractivity contribution in [2.24, 2.45) is 0 Å². The molecule has 0 amide bonds. The van der Waals surface area contributed by atoms with Crippen molar-refractivity contribution in [3.05, 3.63) is 59.2 Å². The smallest absolute Gasteiger partial charge is 0.340 e. The third-order valence-corrected chi connectivity index (χ3v) is 5.45. The van der Waals surface area contributed by atoms with Crippen molar-refractivity contribution in [3.8, 4) is 11.4 Å². The van der Waals surface area contributed by atoms with Crippen LogP contribution in [0.5, 0.6) is 5.75 Å². The molecular formula is C21H23N3O4S. The normalized spacial score (nSPS) is 10.8. The highest BCUT2D eigenvalue weighted by Crippen LogP contribution is 2.25. The van der Waals surface area contributed by atoms with Crippen LogP contribution < -0.4 is 4.74 Å². The Morgan fingerprint density at radius 3 is 2.59 bits per heavy atom. The van der Waals surface area contributed by atoms with Crippen molar-refractivity contribution >= 4 is 23.5 Å². The highest BCUT2D eigenvalue weighted by atomic mass is 32.2. The summed E-state index contributed by atoms with van der Waals surface area (Å²) < 4.78 is 12.2. The van der Waals surface area contributed by atoms with Gasteiger partial charge in [-0.3, -0.25) is 9.36 Å². The second kappa shape index (κ2) is 9.00. The number of H-pyrrole nitrogens is 1. The highest BCUT2D eigenvalue weighted by molar-refractivity contribution is 7.99. The molecule has 1 N–H and O–H groups in total. The molecule has 0 aliphatic rings. The number of nitrogens with one attached hydrogen (secondary N) is 1. The van der Waals surface area contributed by atoms with E-state index in [1.165, 1.54) is 11.8 Å². The third kappa shape index (κ3) is 4.37. The molecule has 0 saturated carbocycles. The number of aromatic nitrogens is 3. The summed E-state index contributed by atoms with van der Waals surface area (Å²) in [4.78, 5) is 32.3. The Balaban J connectivity index is 1.75. The van der Waals surface area contributed by atoms with E-state index in [1.54, 1.807) is 34.1 Å². The first-order valence-electron chi connectivity index (χ1n) is 9.16. The molecule has 0 unspecified atom stereocenters. The van der Waals surface area contributed by atoms with Crippen LogP contribution in [0.2, 0.25) is 0 Å². The number of rotatable bonds is 8. The number of thioether (sulfide) groups is 1. The lowest BCUT2D eigenvalue weighted by molar-refractivity contribution is 0.0525. The van der Waals surface area contributed by atoms with Crippen molar-refractivity contribution in [1.82, 2.24) is 14.5 Å². The number of nitrogens with zero attached hydrogens (tertiary/aromatic N) is 2.